The Morgan fingerprint density at radius 1 is 1.21 bits per heavy atom. The van der Waals surface area contributed by atoms with Gasteiger partial charge in [-0.15, -0.1) is 0 Å². The van der Waals surface area contributed by atoms with Crippen LogP contribution < -0.4 is 10.5 Å². The van der Waals surface area contributed by atoms with Crippen LogP contribution in [-0.2, 0) is 0 Å². The van der Waals surface area contributed by atoms with Gasteiger partial charge in [0.25, 0.3) is 0 Å². The second kappa shape index (κ2) is 6.95. The van der Waals surface area contributed by atoms with Crippen molar-refractivity contribution < 1.29 is 4.74 Å². The molecule has 0 bridgehead atoms. The zero-order valence-corrected chi connectivity index (χ0v) is 12.3. The summed E-state index contributed by atoms with van der Waals surface area (Å²) >= 11 is 0. The van der Waals surface area contributed by atoms with Crippen molar-refractivity contribution in [2.24, 2.45) is 11.7 Å². The number of benzene rings is 1. The fourth-order valence-corrected chi connectivity index (χ4v) is 3.01. The van der Waals surface area contributed by atoms with Gasteiger partial charge in [-0.2, -0.15) is 0 Å². The molecular weight excluding hydrogens is 234 g/mol. The van der Waals surface area contributed by atoms with Crippen molar-refractivity contribution in [3.8, 4) is 5.75 Å². The van der Waals surface area contributed by atoms with Crippen LogP contribution in [0.1, 0.15) is 64.0 Å². The van der Waals surface area contributed by atoms with E-state index in [0.29, 0.717) is 0 Å². The Balaban J connectivity index is 1.95. The lowest BCUT2D eigenvalue weighted by atomic mass is 9.83. The third-order valence-electron chi connectivity index (χ3n) is 3.97. The summed E-state index contributed by atoms with van der Waals surface area (Å²) in [6.07, 6.45) is 8.21. The van der Waals surface area contributed by atoms with Crippen LogP contribution in [0.15, 0.2) is 24.3 Å². The minimum absolute atomic E-state index is 0.152. The molecule has 1 saturated carbocycles. The summed E-state index contributed by atoms with van der Waals surface area (Å²) in [4.78, 5) is 0. The molecule has 0 saturated heterocycles. The van der Waals surface area contributed by atoms with Gasteiger partial charge in [-0.1, -0.05) is 44.2 Å². The van der Waals surface area contributed by atoms with Gasteiger partial charge in [0.2, 0.25) is 0 Å². The Kier molecular flexibility index (Phi) is 5.26. The molecule has 1 aromatic carbocycles. The largest absolute Gasteiger partial charge is 0.491 e. The Hall–Kier alpha value is -1.02. The molecule has 0 heterocycles. The molecule has 1 aliphatic carbocycles. The first-order chi connectivity index (χ1) is 9.15. The van der Waals surface area contributed by atoms with Crippen molar-refractivity contribution in [2.75, 3.05) is 0 Å². The van der Waals surface area contributed by atoms with Crippen LogP contribution in [0.3, 0.4) is 0 Å². The number of hydrogen-bond acceptors (Lipinski definition) is 2. The predicted molar refractivity (Wildman–Crippen MR) is 80.3 cm³/mol. The minimum Gasteiger partial charge on any atom is -0.491 e. The van der Waals surface area contributed by atoms with Crippen LogP contribution in [-0.4, -0.2) is 6.10 Å². The van der Waals surface area contributed by atoms with Gasteiger partial charge in [-0.3, -0.25) is 0 Å². The third kappa shape index (κ3) is 4.54. The second-order valence-electron chi connectivity index (χ2n) is 6.09. The number of hydrogen-bond donors (Lipinski definition) is 1. The summed E-state index contributed by atoms with van der Waals surface area (Å²) in [5.41, 5.74) is 7.58. The zero-order valence-electron chi connectivity index (χ0n) is 12.3. The van der Waals surface area contributed by atoms with Crippen LogP contribution in [0, 0.1) is 5.92 Å². The van der Waals surface area contributed by atoms with E-state index in [9.17, 15) is 0 Å². The van der Waals surface area contributed by atoms with Crippen molar-refractivity contribution >= 4 is 0 Å². The van der Waals surface area contributed by atoms with Crippen molar-refractivity contribution in [1.29, 1.82) is 0 Å². The van der Waals surface area contributed by atoms with Gasteiger partial charge in [0.1, 0.15) is 5.75 Å². The molecule has 1 atom stereocenters. The molecule has 2 rings (SSSR count). The molecular formula is C17H27NO. The van der Waals surface area contributed by atoms with Gasteiger partial charge in [0.05, 0.1) is 6.10 Å². The smallest absolute Gasteiger partial charge is 0.120 e. The quantitative estimate of drug-likeness (QED) is 0.850. The van der Waals surface area contributed by atoms with E-state index >= 15 is 0 Å². The number of nitrogens with two attached hydrogens (primary N) is 1. The highest BCUT2D eigenvalue weighted by Crippen LogP contribution is 2.31. The molecule has 2 nitrogen and oxygen atoms in total. The first-order valence-electron chi connectivity index (χ1n) is 7.67. The molecule has 1 fully saturated rings. The lowest BCUT2D eigenvalue weighted by molar-refractivity contribution is 0.242. The fourth-order valence-electron chi connectivity index (χ4n) is 3.01. The maximum Gasteiger partial charge on any atom is 0.120 e. The Morgan fingerprint density at radius 2 is 1.95 bits per heavy atom. The molecule has 1 unspecified atom stereocenters. The summed E-state index contributed by atoms with van der Waals surface area (Å²) in [6, 6.07) is 8.44. The summed E-state index contributed by atoms with van der Waals surface area (Å²) in [7, 11) is 0. The summed E-state index contributed by atoms with van der Waals surface area (Å²) in [6.45, 7) is 4.10. The van der Waals surface area contributed by atoms with Crippen molar-refractivity contribution in [2.45, 2.75) is 64.5 Å². The van der Waals surface area contributed by atoms with Gasteiger partial charge in [0, 0.05) is 6.04 Å². The topological polar surface area (TPSA) is 35.2 Å². The third-order valence-corrected chi connectivity index (χ3v) is 3.97. The Bertz CT molecular complexity index is 383. The highest BCUT2D eigenvalue weighted by atomic mass is 16.5. The molecule has 0 amide bonds. The molecule has 2 heteroatoms. The summed E-state index contributed by atoms with van der Waals surface area (Å²) < 4.78 is 5.74. The minimum atomic E-state index is 0.152. The normalized spacial score (nSPS) is 18.5. The maximum atomic E-state index is 6.37. The molecule has 1 aliphatic rings. The molecule has 0 radical (unpaired) electrons. The van der Waals surface area contributed by atoms with Crippen molar-refractivity contribution in [3.63, 3.8) is 0 Å². The molecule has 106 valence electrons. The van der Waals surface area contributed by atoms with E-state index in [2.05, 4.69) is 26.0 Å². The maximum absolute atomic E-state index is 6.37. The van der Waals surface area contributed by atoms with E-state index in [1.165, 1.54) is 37.7 Å². The van der Waals surface area contributed by atoms with E-state index in [1.54, 1.807) is 0 Å². The van der Waals surface area contributed by atoms with E-state index in [1.807, 2.05) is 12.1 Å². The average Bonchev–Trinajstić information content (AvgIpc) is 2.39. The van der Waals surface area contributed by atoms with Crippen LogP contribution >= 0.6 is 0 Å². The molecule has 1 aromatic rings. The standard InChI is InChI=1S/C17H27NO/c1-13(2)19-16-10-6-9-15(12-16)17(18)11-14-7-4-3-5-8-14/h6,9-10,12-14,17H,3-5,7-8,11,18H2,1-2H3. The lowest BCUT2D eigenvalue weighted by Crippen LogP contribution is -2.17. The number of rotatable bonds is 5. The van der Waals surface area contributed by atoms with Gasteiger partial charge in [-0.05, 0) is 43.9 Å². The highest BCUT2D eigenvalue weighted by molar-refractivity contribution is 5.30. The Labute approximate surface area is 117 Å². The molecule has 19 heavy (non-hydrogen) atoms. The van der Waals surface area contributed by atoms with E-state index in [4.69, 9.17) is 10.5 Å². The van der Waals surface area contributed by atoms with Crippen molar-refractivity contribution in [3.05, 3.63) is 29.8 Å². The average molecular weight is 261 g/mol. The van der Waals surface area contributed by atoms with Crippen LogP contribution in [0.2, 0.25) is 0 Å². The van der Waals surface area contributed by atoms with Crippen LogP contribution in [0.5, 0.6) is 5.75 Å². The second-order valence-corrected chi connectivity index (χ2v) is 6.09. The van der Waals surface area contributed by atoms with Gasteiger partial charge in [-0.25, -0.2) is 0 Å². The van der Waals surface area contributed by atoms with E-state index in [0.717, 1.165) is 18.1 Å². The van der Waals surface area contributed by atoms with Gasteiger partial charge in [0.15, 0.2) is 0 Å². The van der Waals surface area contributed by atoms with Gasteiger partial charge >= 0.3 is 0 Å². The fraction of sp³-hybridized carbons (Fsp3) is 0.647. The number of ether oxygens (including phenoxy) is 1. The molecule has 0 aromatic heterocycles. The van der Waals surface area contributed by atoms with Crippen LogP contribution in [0.4, 0.5) is 0 Å². The van der Waals surface area contributed by atoms with E-state index < -0.39 is 0 Å². The summed E-state index contributed by atoms with van der Waals surface area (Å²) in [5, 5.41) is 0. The molecule has 0 spiro atoms. The first kappa shape index (κ1) is 14.4. The van der Waals surface area contributed by atoms with Crippen molar-refractivity contribution in [1.82, 2.24) is 0 Å². The first-order valence-corrected chi connectivity index (χ1v) is 7.67. The van der Waals surface area contributed by atoms with E-state index in [-0.39, 0.29) is 12.1 Å². The molecule has 2 N–H and O–H groups in total. The SMILES string of the molecule is CC(C)Oc1cccc(C(N)CC2CCCCC2)c1. The highest BCUT2D eigenvalue weighted by Gasteiger charge is 2.18. The summed E-state index contributed by atoms with van der Waals surface area (Å²) in [5.74, 6) is 1.75. The zero-order chi connectivity index (χ0) is 13.7. The monoisotopic (exact) mass is 261 g/mol. The lowest BCUT2D eigenvalue weighted by Gasteiger charge is -2.25. The van der Waals surface area contributed by atoms with Gasteiger partial charge < -0.3 is 10.5 Å². The Morgan fingerprint density at radius 3 is 2.63 bits per heavy atom. The van der Waals surface area contributed by atoms with Crippen LogP contribution in [0.25, 0.3) is 0 Å². The molecule has 0 aliphatic heterocycles. The predicted octanol–water partition coefficient (Wildman–Crippen LogP) is 4.44.